The molecular formula is C45H51N2O16S4-3. The highest BCUT2D eigenvalue weighted by molar-refractivity contribution is 7.87. The number of allylic oxidation sites excluding steroid dienone is 4. The molecular weight excluding hydrogens is 953 g/mol. The smallest absolute Gasteiger partial charge is 0.303 e. The molecule has 4 aromatic carbocycles. The zero-order valence-corrected chi connectivity index (χ0v) is 40.7. The molecule has 1 N–H and O–H groups in total. The summed E-state index contributed by atoms with van der Waals surface area (Å²) in [6, 6.07) is 10.9. The fraction of sp³-hybridized carbons (Fsp3) is 0.422. The normalized spacial score (nSPS) is 18.2. The van der Waals surface area contributed by atoms with Crippen molar-refractivity contribution in [2.45, 2.75) is 91.2 Å². The predicted molar refractivity (Wildman–Crippen MR) is 244 cm³/mol. The Morgan fingerprint density at radius 1 is 0.746 bits per heavy atom. The molecule has 22 heteroatoms. The van der Waals surface area contributed by atoms with Gasteiger partial charge in [0, 0.05) is 79.3 Å². The largest absolute Gasteiger partial charge is 0.748 e. The van der Waals surface area contributed by atoms with Crippen LogP contribution >= 0.6 is 0 Å². The molecule has 0 saturated heterocycles. The van der Waals surface area contributed by atoms with Crippen LogP contribution in [0.3, 0.4) is 0 Å². The number of anilines is 1. The first-order valence-electron chi connectivity index (χ1n) is 21.2. The van der Waals surface area contributed by atoms with Crippen LogP contribution in [-0.4, -0.2) is 120 Å². The number of ether oxygens (including phenoxy) is 2. The summed E-state index contributed by atoms with van der Waals surface area (Å²) in [4.78, 5) is 11.0. The average Bonchev–Trinajstić information content (AvgIpc) is 3.58. The predicted octanol–water partition coefficient (Wildman–Crippen LogP) is 5.11. The van der Waals surface area contributed by atoms with Crippen LogP contribution < -0.4 is 4.90 Å². The van der Waals surface area contributed by atoms with Crippen LogP contribution in [0.25, 0.3) is 21.5 Å². The molecule has 364 valence electrons. The highest BCUT2D eigenvalue weighted by Gasteiger charge is 2.47. The minimum absolute atomic E-state index is 0.0422. The van der Waals surface area contributed by atoms with Gasteiger partial charge in [0.25, 0.3) is 0 Å². The fourth-order valence-electron chi connectivity index (χ4n) is 9.61. The van der Waals surface area contributed by atoms with Crippen molar-refractivity contribution in [3.05, 3.63) is 89.1 Å². The van der Waals surface area contributed by atoms with Gasteiger partial charge in [0.1, 0.15) is 36.9 Å². The summed E-state index contributed by atoms with van der Waals surface area (Å²) in [5, 5.41) is 9.76. The maximum Gasteiger partial charge on any atom is 0.303 e. The van der Waals surface area contributed by atoms with Crippen LogP contribution in [0, 0.1) is 0 Å². The first-order chi connectivity index (χ1) is 31.1. The second-order valence-electron chi connectivity index (χ2n) is 17.3. The van der Waals surface area contributed by atoms with E-state index >= 15 is 0 Å². The summed E-state index contributed by atoms with van der Waals surface area (Å²) in [6.07, 6.45) is 6.82. The van der Waals surface area contributed by atoms with Gasteiger partial charge in [-0.1, -0.05) is 18.2 Å². The van der Waals surface area contributed by atoms with Crippen LogP contribution in [0.15, 0.2) is 87.1 Å². The maximum atomic E-state index is 12.8. The fourth-order valence-corrected chi connectivity index (χ4v) is 12.2. The molecule has 0 spiro atoms. The number of carboxylic acids is 1. The number of nitrogens with zero attached hydrogens (tertiary/aromatic N) is 2. The number of fused-ring (bicyclic) bond motifs is 6. The molecule has 0 fully saturated rings. The van der Waals surface area contributed by atoms with E-state index in [-0.39, 0.29) is 61.6 Å². The number of hydrogen-bond donors (Lipinski definition) is 1. The second-order valence-corrected chi connectivity index (χ2v) is 22.9. The van der Waals surface area contributed by atoms with Gasteiger partial charge >= 0.3 is 5.97 Å². The lowest BCUT2D eigenvalue weighted by atomic mass is 9.75. The first-order valence-corrected chi connectivity index (χ1v) is 27.0. The Morgan fingerprint density at radius 2 is 1.37 bits per heavy atom. The third kappa shape index (κ3) is 10.8. The van der Waals surface area contributed by atoms with E-state index in [1.54, 1.807) is 56.3 Å². The average molecular weight is 1000 g/mol. The Kier molecular flexibility index (Phi) is 15.0. The Bertz CT molecular complexity index is 3200. The monoisotopic (exact) mass is 1000 g/mol. The van der Waals surface area contributed by atoms with E-state index in [1.807, 2.05) is 16.4 Å². The number of unbranched alkanes of at least 4 members (excludes halogenated alkanes) is 2. The highest BCUT2D eigenvalue weighted by atomic mass is 32.2. The molecule has 1 atom stereocenters. The molecule has 2 aliphatic heterocycles. The number of hydrogen-bond acceptors (Lipinski definition) is 16. The van der Waals surface area contributed by atoms with Crippen molar-refractivity contribution < 1.29 is 75.8 Å². The van der Waals surface area contributed by atoms with Gasteiger partial charge in [-0.25, -0.2) is 33.7 Å². The van der Waals surface area contributed by atoms with Crippen molar-refractivity contribution >= 4 is 85.1 Å². The molecule has 2 heterocycles. The third-order valence-electron chi connectivity index (χ3n) is 12.5. The molecule has 1 unspecified atom stereocenters. The molecule has 2 aliphatic rings. The number of aliphatic carboxylic acids is 1. The highest BCUT2D eigenvalue weighted by Crippen LogP contribution is 2.54. The van der Waals surface area contributed by atoms with Gasteiger partial charge in [-0.3, -0.25) is 4.79 Å². The van der Waals surface area contributed by atoms with E-state index in [0.29, 0.717) is 76.7 Å². The summed E-state index contributed by atoms with van der Waals surface area (Å²) < 4.78 is 162. The number of carbonyl (C=O) groups is 1. The van der Waals surface area contributed by atoms with E-state index in [4.69, 9.17) is 9.47 Å². The van der Waals surface area contributed by atoms with Crippen molar-refractivity contribution in [3.63, 3.8) is 0 Å². The molecule has 6 rings (SSSR count). The van der Waals surface area contributed by atoms with Gasteiger partial charge < -0.3 is 37.7 Å². The Morgan fingerprint density at radius 3 is 1.97 bits per heavy atom. The summed E-state index contributed by atoms with van der Waals surface area (Å²) >= 11 is 0. The van der Waals surface area contributed by atoms with E-state index in [0.717, 1.165) is 6.07 Å². The summed E-state index contributed by atoms with van der Waals surface area (Å²) in [6.45, 7) is 6.39. The number of methoxy groups -OCH3 is 2. The van der Waals surface area contributed by atoms with Crippen molar-refractivity contribution in [1.29, 1.82) is 0 Å². The van der Waals surface area contributed by atoms with Crippen LogP contribution in [0.4, 0.5) is 11.4 Å². The molecule has 0 amide bonds. The summed E-state index contributed by atoms with van der Waals surface area (Å²) in [5.41, 5.74) is 1.58. The van der Waals surface area contributed by atoms with Crippen molar-refractivity contribution in [1.82, 2.24) is 0 Å². The lowest BCUT2D eigenvalue weighted by Gasteiger charge is -2.31. The standard InChI is InChI=1S/C45H54N2O16S4/c1-44(2)39(46(20-8-6-7-13-41(48)49)35-16-14-32-34(42(35)44)27-30(65(53,54)55)28-38(32)67(59,60)61)11-9-12-40-45(3,19-10-24-64(50,51)52)43-33-25-29(18-22-62-4)26-37(66(56,57)58)31(33)15-17-36(43)47(40)21-23-63-5/h9,11-12,14-17,25-28H,6-8,10,13,18-24H2,1-5H3,(H4-,48,49,50,51,52,53,54,55,56,57,58,59,60,61)/p-3. The Labute approximate surface area is 390 Å². The van der Waals surface area contributed by atoms with Gasteiger partial charge in [-0.15, -0.1) is 0 Å². The van der Waals surface area contributed by atoms with Gasteiger partial charge in [0.15, 0.2) is 5.71 Å². The molecule has 18 nitrogen and oxygen atoms in total. The van der Waals surface area contributed by atoms with Crippen LogP contribution in [-0.2, 0) is 72.0 Å². The zero-order chi connectivity index (χ0) is 49.5. The van der Waals surface area contributed by atoms with Crippen LogP contribution in [0.2, 0.25) is 0 Å². The molecule has 0 bridgehead atoms. The summed E-state index contributed by atoms with van der Waals surface area (Å²) in [7, 11) is -17.3. The lowest BCUT2D eigenvalue weighted by Crippen LogP contribution is -2.31. The lowest BCUT2D eigenvalue weighted by molar-refractivity contribution is -0.438. The van der Waals surface area contributed by atoms with Gasteiger partial charge in [-0.05, 0) is 117 Å². The van der Waals surface area contributed by atoms with E-state index in [9.17, 15) is 61.8 Å². The van der Waals surface area contributed by atoms with Crippen molar-refractivity contribution in [2.75, 3.05) is 51.2 Å². The number of carboxylic acid groups (broad SMARTS) is 1. The third-order valence-corrected chi connectivity index (χ3v) is 15.9. The van der Waals surface area contributed by atoms with Crippen molar-refractivity contribution in [3.8, 4) is 0 Å². The van der Waals surface area contributed by atoms with Gasteiger partial charge in [0.05, 0.1) is 43.4 Å². The topological polar surface area (TPSA) is 291 Å². The van der Waals surface area contributed by atoms with Crippen LogP contribution in [0.5, 0.6) is 0 Å². The minimum Gasteiger partial charge on any atom is -0.748 e. The summed E-state index contributed by atoms with van der Waals surface area (Å²) in [5.74, 6) is -1.66. The SMILES string of the molecule is COCCc1cc(S(=O)(=O)[O-])c2ccc3c(c2c1)C(C)(CCCS(=O)(=O)[O-])C(=CC=CC1=[N+](CCCCCC(=O)O)c2ccc4c(S(=O)(=O)[O-])cc(S(=O)(=O)[O-])cc4c2C1(C)C)N3CCOC. The molecule has 4 aromatic rings. The number of rotatable bonds is 21. The minimum atomic E-state index is -5.29. The molecule has 0 aromatic heterocycles. The number of benzene rings is 4. The molecule has 0 saturated carbocycles. The van der Waals surface area contributed by atoms with E-state index in [2.05, 4.69) is 0 Å². The Balaban J connectivity index is 1.60. The maximum absolute atomic E-state index is 12.8. The van der Waals surface area contributed by atoms with Crippen LogP contribution in [0.1, 0.15) is 76.0 Å². The van der Waals surface area contributed by atoms with E-state index < -0.39 is 77.7 Å². The zero-order valence-electron chi connectivity index (χ0n) is 37.4. The Hall–Kier alpha value is -4.62. The molecule has 0 radical (unpaired) electrons. The van der Waals surface area contributed by atoms with Gasteiger partial charge in [-0.2, -0.15) is 4.58 Å². The van der Waals surface area contributed by atoms with Gasteiger partial charge in [0.2, 0.25) is 5.69 Å². The van der Waals surface area contributed by atoms with Crippen molar-refractivity contribution in [2.24, 2.45) is 0 Å². The first kappa shape index (κ1) is 51.8. The van der Waals surface area contributed by atoms with E-state index in [1.165, 1.54) is 26.4 Å². The quantitative estimate of drug-likeness (QED) is 0.0645. The molecule has 67 heavy (non-hydrogen) atoms. The second kappa shape index (κ2) is 19.4. The molecule has 0 aliphatic carbocycles.